The summed E-state index contributed by atoms with van der Waals surface area (Å²) in [5, 5.41) is 19.7. The van der Waals surface area contributed by atoms with E-state index in [-0.39, 0.29) is 50.6 Å². The average molecular weight is 965 g/mol. The molecule has 69 heavy (non-hydrogen) atoms. The van der Waals surface area contributed by atoms with Gasteiger partial charge >= 0.3 is 6.09 Å². The zero-order chi connectivity index (χ0) is 50.6. The van der Waals surface area contributed by atoms with E-state index in [1.807, 2.05) is 39.8 Å². The molecule has 5 rings (SSSR count). The molecule has 0 saturated carbocycles. The largest absolute Gasteiger partial charge is 0.444 e. The van der Waals surface area contributed by atoms with Gasteiger partial charge in [0, 0.05) is 40.2 Å². The number of fused-ring (bicyclic) bond motifs is 4. The van der Waals surface area contributed by atoms with Gasteiger partial charge in [0.15, 0.2) is 12.2 Å². The quantitative estimate of drug-likeness (QED) is 0.153. The molecule has 0 radical (unpaired) electrons. The summed E-state index contributed by atoms with van der Waals surface area (Å²) in [5.74, 6) is -4.16. The van der Waals surface area contributed by atoms with Crippen molar-refractivity contribution in [2.24, 2.45) is 17.6 Å². The number of ether oxygens (including phenoxy) is 5. The zero-order valence-electron chi connectivity index (χ0n) is 41.1. The van der Waals surface area contributed by atoms with Gasteiger partial charge in [-0.25, -0.2) is 4.79 Å². The molecule has 2 aromatic carbocycles. The number of methoxy groups -OCH3 is 2. The third-order valence-electron chi connectivity index (χ3n) is 12.0. The smallest absolute Gasteiger partial charge is 0.408 e. The van der Waals surface area contributed by atoms with Crippen LogP contribution in [0.2, 0.25) is 0 Å². The Morgan fingerprint density at radius 2 is 1.03 bits per heavy atom. The number of hydrogen-bond acceptors (Lipinski definition) is 13. The van der Waals surface area contributed by atoms with Gasteiger partial charge in [0.05, 0.1) is 24.3 Å². The first-order valence-electron chi connectivity index (χ1n) is 23.6. The molecule has 3 aliphatic heterocycles. The van der Waals surface area contributed by atoms with Crippen molar-refractivity contribution in [2.75, 3.05) is 27.3 Å². The van der Waals surface area contributed by atoms with Gasteiger partial charge in [0.2, 0.25) is 23.6 Å². The van der Waals surface area contributed by atoms with E-state index in [1.165, 1.54) is 14.2 Å². The van der Waals surface area contributed by atoms with Crippen molar-refractivity contribution in [3.05, 3.63) is 71.8 Å². The monoisotopic (exact) mass is 965 g/mol. The van der Waals surface area contributed by atoms with Crippen molar-refractivity contribution in [1.29, 1.82) is 0 Å². The van der Waals surface area contributed by atoms with E-state index in [0.717, 1.165) is 0 Å². The summed E-state index contributed by atoms with van der Waals surface area (Å²) < 4.78 is 29.6. The predicted octanol–water partition coefficient (Wildman–Crippen LogP) is 0.535. The average Bonchev–Trinajstić information content (AvgIpc) is 3.80. The lowest BCUT2D eigenvalue weighted by molar-refractivity contribution is -0.141. The number of carbonyl (C=O) groups is 7. The summed E-state index contributed by atoms with van der Waals surface area (Å²) in [6, 6.07) is 11.3. The van der Waals surface area contributed by atoms with Crippen LogP contribution in [-0.2, 0) is 65.3 Å². The number of nitrogens with one attached hydrogen (secondary N) is 7. The highest BCUT2D eigenvalue weighted by molar-refractivity contribution is 5.94. The molecule has 3 saturated heterocycles. The maximum absolute atomic E-state index is 14.5. The van der Waals surface area contributed by atoms with Gasteiger partial charge in [-0.2, -0.15) is 0 Å². The number of nitrogens with two attached hydrogens (primary N) is 1. The Bertz CT molecular complexity index is 2070. The van der Waals surface area contributed by atoms with Crippen molar-refractivity contribution >= 4 is 41.5 Å². The fraction of sp³-hybridized carbons (Fsp3) is 0.612. The zero-order valence-corrected chi connectivity index (χ0v) is 41.1. The highest BCUT2D eigenvalue weighted by Crippen LogP contribution is 2.26. The van der Waals surface area contributed by atoms with E-state index in [1.54, 1.807) is 69.3 Å². The van der Waals surface area contributed by atoms with Gasteiger partial charge < -0.3 is 66.6 Å². The highest BCUT2D eigenvalue weighted by atomic mass is 16.6. The van der Waals surface area contributed by atoms with Crippen LogP contribution < -0.4 is 43.0 Å². The number of amides is 7. The van der Waals surface area contributed by atoms with Crippen LogP contribution >= 0.6 is 0 Å². The lowest BCUT2D eigenvalue weighted by Gasteiger charge is -2.28. The van der Waals surface area contributed by atoms with Gasteiger partial charge in [0.25, 0.3) is 11.8 Å². The van der Waals surface area contributed by atoms with Crippen molar-refractivity contribution in [3.8, 4) is 0 Å². The second-order valence-corrected chi connectivity index (χ2v) is 19.7. The Labute approximate surface area is 404 Å². The Balaban J connectivity index is 1.54. The third kappa shape index (κ3) is 15.4. The Kier molecular flexibility index (Phi) is 19.5. The van der Waals surface area contributed by atoms with E-state index in [9.17, 15) is 33.6 Å². The number of hydrogen-bond donors (Lipinski definition) is 8. The van der Waals surface area contributed by atoms with Gasteiger partial charge in [-0.3, -0.25) is 28.8 Å². The van der Waals surface area contributed by atoms with Crippen molar-refractivity contribution < 1.29 is 57.2 Å². The first kappa shape index (κ1) is 54.3. The van der Waals surface area contributed by atoms with Crippen LogP contribution in [0.5, 0.6) is 0 Å². The summed E-state index contributed by atoms with van der Waals surface area (Å²) in [6.45, 7) is 12.1. The maximum Gasteiger partial charge on any atom is 0.408 e. The molecular weight excluding hydrogens is 893 g/mol. The molecule has 12 atom stereocenters. The topological polar surface area (TPSA) is 276 Å². The molecule has 9 N–H and O–H groups in total. The minimum Gasteiger partial charge on any atom is -0.444 e. The molecular formula is C49H72N8O12. The SMILES string of the molecule is CO[C@@H]1[C@H](N)[C@H]2CNC(=O)[C@H](CC(C)C)NC(=O)[C@H](Cc3ccccc3)NC(=O)[C@H]3O[C@H](CNC(=O)[C@H](CC(C)C)NC(=O)[C@H](Cc4ccccc4)NC(=O)[C@H]1O2)[C@@H](NC(=O)OC(C)(C)C)[C@H]3OC. The molecule has 2 aromatic rings. The van der Waals surface area contributed by atoms with Gasteiger partial charge in [-0.05, 0) is 56.6 Å². The molecule has 380 valence electrons. The predicted molar refractivity (Wildman–Crippen MR) is 253 cm³/mol. The molecule has 0 aliphatic carbocycles. The summed E-state index contributed by atoms with van der Waals surface area (Å²) >= 11 is 0. The number of rotatable bonds is 11. The summed E-state index contributed by atoms with van der Waals surface area (Å²) in [4.78, 5) is 98.9. The molecule has 4 bridgehead atoms. The molecule has 3 aliphatic rings. The van der Waals surface area contributed by atoms with Crippen LogP contribution in [0, 0.1) is 11.8 Å². The third-order valence-corrected chi connectivity index (χ3v) is 12.0. The molecule has 7 amide bonds. The summed E-state index contributed by atoms with van der Waals surface area (Å²) in [6.07, 6.45) is -7.33. The Morgan fingerprint density at radius 3 is 1.45 bits per heavy atom. The van der Waals surface area contributed by atoms with Crippen LogP contribution in [-0.4, -0.2) is 147 Å². The van der Waals surface area contributed by atoms with Crippen LogP contribution in [0.25, 0.3) is 0 Å². The van der Waals surface area contributed by atoms with E-state index < -0.39 is 120 Å². The van der Waals surface area contributed by atoms with E-state index in [0.29, 0.717) is 11.1 Å². The van der Waals surface area contributed by atoms with E-state index in [2.05, 4.69) is 37.2 Å². The van der Waals surface area contributed by atoms with Crippen molar-refractivity contribution in [1.82, 2.24) is 37.2 Å². The lowest BCUT2D eigenvalue weighted by atomic mass is 9.99. The molecule has 3 heterocycles. The minimum absolute atomic E-state index is 0.0136. The Morgan fingerprint density at radius 1 is 0.623 bits per heavy atom. The molecule has 3 fully saturated rings. The first-order valence-corrected chi connectivity index (χ1v) is 23.6. The summed E-state index contributed by atoms with van der Waals surface area (Å²) in [5.41, 5.74) is 7.10. The van der Waals surface area contributed by atoms with Crippen LogP contribution in [0.3, 0.4) is 0 Å². The van der Waals surface area contributed by atoms with Gasteiger partial charge in [-0.1, -0.05) is 88.4 Å². The molecule has 20 nitrogen and oxygen atoms in total. The fourth-order valence-corrected chi connectivity index (χ4v) is 8.70. The first-order chi connectivity index (χ1) is 32.7. The standard InChI is InChI=1S/C49H72N8O12/c1-26(2)20-30-42(58)51-24-34-36(50)38(65-8)40(67-34)46(62)55-32(22-28-16-12-10-13-17-28)44(60)54-31(21-27(3)4)43(59)52-25-35-37(57-48(64)69-49(5,6)7)39(66-9)41(68-35)47(63)56-33(45(61)53-30)23-29-18-14-11-15-19-29/h10-19,26-27,30-41H,20-25,50H2,1-9H3,(H,51,58)(H,52,59)(H,53,61)(H,54,60)(H,55,62)(H,56,63)(H,57,64)/t30-,31-,32-,33-,34+,35+,36+,37+,38+,39+,40-,41-/m0/s1. The fourth-order valence-electron chi connectivity index (χ4n) is 8.70. The van der Waals surface area contributed by atoms with Gasteiger partial charge in [0.1, 0.15) is 42.0 Å². The molecule has 0 aromatic heterocycles. The van der Waals surface area contributed by atoms with Crippen molar-refractivity contribution in [3.63, 3.8) is 0 Å². The number of benzene rings is 2. The highest BCUT2D eigenvalue weighted by Gasteiger charge is 2.51. The second-order valence-electron chi connectivity index (χ2n) is 19.7. The maximum atomic E-state index is 14.5. The molecule has 0 spiro atoms. The number of carbonyl (C=O) groups excluding carboxylic acids is 7. The van der Waals surface area contributed by atoms with Crippen LogP contribution in [0.4, 0.5) is 4.79 Å². The number of alkyl carbamates (subject to hydrolysis) is 1. The molecule has 0 unspecified atom stereocenters. The Hall–Kier alpha value is -5.67. The molecule has 20 heteroatoms. The summed E-state index contributed by atoms with van der Waals surface area (Å²) in [7, 11) is 2.70. The van der Waals surface area contributed by atoms with Crippen LogP contribution in [0.15, 0.2) is 60.7 Å². The van der Waals surface area contributed by atoms with Crippen LogP contribution in [0.1, 0.15) is 72.4 Å². The second kappa shape index (κ2) is 24.7. The van der Waals surface area contributed by atoms with Crippen molar-refractivity contribution in [2.45, 2.75) is 153 Å². The normalized spacial score (nSPS) is 30.0. The minimum atomic E-state index is -1.44. The van der Waals surface area contributed by atoms with E-state index in [4.69, 9.17) is 29.4 Å². The lowest BCUT2D eigenvalue weighted by Crippen LogP contribution is -2.58. The van der Waals surface area contributed by atoms with Gasteiger partial charge in [-0.15, -0.1) is 0 Å². The van der Waals surface area contributed by atoms with E-state index >= 15 is 0 Å².